The molecule has 3 aromatic rings. The molecule has 0 aliphatic carbocycles. The zero-order valence-electron chi connectivity index (χ0n) is 13.6. The molecule has 1 aromatic heterocycles. The van der Waals surface area contributed by atoms with Gasteiger partial charge in [-0.2, -0.15) is 0 Å². The minimum atomic E-state index is -0.132. The summed E-state index contributed by atoms with van der Waals surface area (Å²) in [6.07, 6.45) is 3.91. The molecular formula is C20H20N2O2. The number of ether oxygens (including phenoxy) is 1. The fourth-order valence-corrected chi connectivity index (χ4v) is 2.49. The molecule has 0 spiro atoms. The number of nitrogens with zero attached hydrogens (tertiary/aromatic N) is 1. The van der Waals surface area contributed by atoms with E-state index in [2.05, 4.69) is 5.32 Å². The summed E-state index contributed by atoms with van der Waals surface area (Å²) in [5, 5.41) is 2.98. The van der Waals surface area contributed by atoms with Crippen LogP contribution in [-0.4, -0.2) is 17.1 Å². The maximum absolute atomic E-state index is 12.6. The van der Waals surface area contributed by atoms with Gasteiger partial charge in [-0.25, -0.2) is 0 Å². The molecular weight excluding hydrogens is 300 g/mol. The lowest BCUT2D eigenvalue weighted by Crippen LogP contribution is -2.14. The van der Waals surface area contributed by atoms with Gasteiger partial charge in [-0.3, -0.25) is 4.79 Å². The van der Waals surface area contributed by atoms with Gasteiger partial charge >= 0.3 is 0 Å². The van der Waals surface area contributed by atoms with Crippen molar-refractivity contribution in [2.75, 3.05) is 11.9 Å². The van der Waals surface area contributed by atoms with Crippen molar-refractivity contribution in [2.24, 2.45) is 0 Å². The van der Waals surface area contributed by atoms with Gasteiger partial charge < -0.3 is 14.6 Å². The Balaban J connectivity index is 1.80. The van der Waals surface area contributed by atoms with Crippen LogP contribution in [0.4, 0.5) is 5.69 Å². The van der Waals surface area contributed by atoms with Gasteiger partial charge in [0.25, 0.3) is 5.91 Å². The van der Waals surface area contributed by atoms with Crippen molar-refractivity contribution in [3.05, 3.63) is 84.2 Å². The van der Waals surface area contributed by atoms with Crippen molar-refractivity contribution in [3.63, 3.8) is 0 Å². The van der Waals surface area contributed by atoms with Crippen LogP contribution in [0.15, 0.2) is 73.1 Å². The molecule has 0 radical (unpaired) electrons. The molecule has 4 heteroatoms. The quantitative estimate of drug-likeness (QED) is 0.737. The van der Waals surface area contributed by atoms with Crippen molar-refractivity contribution < 1.29 is 9.53 Å². The van der Waals surface area contributed by atoms with E-state index in [-0.39, 0.29) is 5.91 Å². The molecule has 3 rings (SSSR count). The molecule has 0 atom stereocenters. The third-order valence-corrected chi connectivity index (χ3v) is 3.74. The number of carbonyl (C=O) groups excluding carboxylic acids is 1. The standard InChI is InChI=1S/C20H20N2O2/c1-2-24-15-17-8-3-4-11-19(17)21-20(23)16-9-7-10-18(14-16)22-12-5-6-13-22/h3-14H,2,15H2,1H3,(H,21,23). The Hall–Kier alpha value is -2.85. The number of hydrogen-bond donors (Lipinski definition) is 1. The molecule has 4 nitrogen and oxygen atoms in total. The molecule has 122 valence electrons. The Labute approximate surface area is 141 Å². The van der Waals surface area contributed by atoms with Gasteiger partial charge in [0.05, 0.1) is 6.61 Å². The summed E-state index contributed by atoms with van der Waals surface area (Å²) in [5.41, 5.74) is 3.32. The van der Waals surface area contributed by atoms with Crippen LogP contribution in [-0.2, 0) is 11.3 Å². The summed E-state index contributed by atoms with van der Waals surface area (Å²) >= 11 is 0. The van der Waals surface area contributed by atoms with E-state index in [9.17, 15) is 4.79 Å². The summed E-state index contributed by atoms with van der Waals surface area (Å²) in [6.45, 7) is 3.07. The van der Waals surface area contributed by atoms with E-state index in [0.717, 1.165) is 16.9 Å². The largest absolute Gasteiger partial charge is 0.377 e. The Morgan fingerprint density at radius 3 is 2.62 bits per heavy atom. The number of anilines is 1. The molecule has 1 N–H and O–H groups in total. The molecule has 0 bridgehead atoms. The Morgan fingerprint density at radius 2 is 1.83 bits per heavy atom. The second kappa shape index (κ2) is 7.62. The summed E-state index contributed by atoms with van der Waals surface area (Å²) in [4.78, 5) is 12.6. The van der Waals surface area contributed by atoms with Crippen molar-refractivity contribution in [2.45, 2.75) is 13.5 Å². The van der Waals surface area contributed by atoms with Crippen LogP contribution >= 0.6 is 0 Å². The molecule has 0 unspecified atom stereocenters. The molecule has 24 heavy (non-hydrogen) atoms. The summed E-state index contributed by atoms with van der Waals surface area (Å²) < 4.78 is 7.43. The van der Waals surface area contributed by atoms with Gasteiger partial charge in [0.2, 0.25) is 0 Å². The van der Waals surface area contributed by atoms with Crippen LogP contribution in [0.1, 0.15) is 22.8 Å². The van der Waals surface area contributed by atoms with Gasteiger partial charge in [-0.1, -0.05) is 24.3 Å². The van der Waals surface area contributed by atoms with E-state index in [1.54, 1.807) is 0 Å². The number of rotatable bonds is 6. The average Bonchev–Trinajstić information content (AvgIpc) is 3.16. The smallest absolute Gasteiger partial charge is 0.255 e. The first-order chi connectivity index (χ1) is 11.8. The topological polar surface area (TPSA) is 43.3 Å². The van der Waals surface area contributed by atoms with E-state index in [4.69, 9.17) is 4.74 Å². The first kappa shape index (κ1) is 16.0. The molecule has 0 aliphatic heterocycles. The van der Waals surface area contributed by atoms with Crippen LogP contribution in [0.3, 0.4) is 0 Å². The lowest BCUT2D eigenvalue weighted by atomic mass is 10.1. The van der Waals surface area contributed by atoms with Gasteiger partial charge in [0.15, 0.2) is 0 Å². The van der Waals surface area contributed by atoms with E-state index in [1.807, 2.05) is 84.5 Å². The number of carbonyl (C=O) groups is 1. The molecule has 0 aliphatic rings. The Kier molecular flexibility index (Phi) is 5.08. The van der Waals surface area contributed by atoms with E-state index in [0.29, 0.717) is 18.8 Å². The zero-order chi connectivity index (χ0) is 16.8. The molecule has 1 amide bonds. The van der Waals surface area contributed by atoms with E-state index < -0.39 is 0 Å². The number of nitrogens with one attached hydrogen (secondary N) is 1. The van der Waals surface area contributed by atoms with Crippen molar-refractivity contribution in [1.82, 2.24) is 4.57 Å². The van der Waals surface area contributed by atoms with Crippen molar-refractivity contribution in [3.8, 4) is 5.69 Å². The lowest BCUT2D eigenvalue weighted by molar-refractivity contribution is 0.102. The fraction of sp³-hybridized carbons (Fsp3) is 0.150. The monoisotopic (exact) mass is 320 g/mol. The molecule has 0 saturated carbocycles. The Bertz CT molecular complexity index is 810. The van der Waals surface area contributed by atoms with Crippen molar-refractivity contribution in [1.29, 1.82) is 0 Å². The van der Waals surface area contributed by atoms with Crippen LogP contribution in [0.25, 0.3) is 5.69 Å². The van der Waals surface area contributed by atoms with Crippen LogP contribution in [0.2, 0.25) is 0 Å². The maximum atomic E-state index is 12.6. The van der Waals surface area contributed by atoms with E-state index >= 15 is 0 Å². The zero-order valence-corrected chi connectivity index (χ0v) is 13.6. The molecule has 2 aromatic carbocycles. The number of benzene rings is 2. The number of amides is 1. The van der Waals surface area contributed by atoms with Crippen LogP contribution < -0.4 is 5.32 Å². The van der Waals surface area contributed by atoms with Gasteiger partial charge in [-0.15, -0.1) is 0 Å². The first-order valence-corrected chi connectivity index (χ1v) is 7.98. The Morgan fingerprint density at radius 1 is 1.04 bits per heavy atom. The summed E-state index contributed by atoms with van der Waals surface area (Å²) in [7, 11) is 0. The number of para-hydroxylation sites is 1. The molecule has 0 saturated heterocycles. The highest BCUT2D eigenvalue weighted by molar-refractivity contribution is 6.05. The second-order valence-corrected chi connectivity index (χ2v) is 5.39. The highest BCUT2D eigenvalue weighted by Crippen LogP contribution is 2.18. The predicted octanol–water partition coefficient (Wildman–Crippen LogP) is 4.27. The predicted molar refractivity (Wildman–Crippen MR) is 95.5 cm³/mol. The third kappa shape index (κ3) is 3.73. The van der Waals surface area contributed by atoms with Crippen LogP contribution in [0, 0.1) is 0 Å². The minimum absolute atomic E-state index is 0.132. The summed E-state index contributed by atoms with van der Waals surface area (Å²) in [5.74, 6) is -0.132. The lowest BCUT2D eigenvalue weighted by Gasteiger charge is -2.12. The molecule has 1 heterocycles. The first-order valence-electron chi connectivity index (χ1n) is 7.98. The SMILES string of the molecule is CCOCc1ccccc1NC(=O)c1cccc(-n2cccc2)c1. The van der Waals surface area contributed by atoms with Gasteiger partial charge in [0.1, 0.15) is 0 Å². The fourth-order valence-electron chi connectivity index (χ4n) is 2.49. The van der Waals surface area contributed by atoms with Crippen LogP contribution in [0.5, 0.6) is 0 Å². The third-order valence-electron chi connectivity index (χ3n) is 3.74. The number of hydrogen-bond acceptors (Lipinski definition) is 2. The maximum Gasteiger partial charge on any atom is 0.255 e. The summed E-state index contributed by atoms with van der Waals surface area (Å²) in [6, 6.07) is 19.2. The second-order valence-electron chi connectivity index (χ2n) is 5.39. The number of aromatic nitrogens is 1. The normalized spacial score (nSPS) is 10.5. The molecule has 0 fully saturated rings. The van der Waals surface area contributed by atoms with Gasteiger partial charge in [-0.05, 0) is 43.3 Å². The highest BCUT2D eigenvalue weighted by atomic mass is 16.5. The van der Waals surface area contributed by atoms with Gasteiger partial charge in [0, 0.05) is 41.5 Å². The van der Waals surface area contributed by atoms with Crippen molar-refractivity contribution >= 4 is 11.6 Å². The minimum Gasteiger partial charge on any atom is -0.377 e. The average molecular weight is 320 g/mol. The highest BCUT2D eigenvalue weighted by Gasteiger charge is 2.10. The van der Waals surface area contributed by atoms with E-state index in [1.165, 1.54) is 0 Å².